The van der Waals surface area contributed by atoms with Gasteiger partial charge in [-0.25, -0.2) is 18.4 Å². The minimum absolute atomic E-state index is 0.00256. The van der Waals surface area contributed by atoms with E-state index < -0.39 is 15.4 Å². The molecule has 10 heteroatoms. The molecule has 0 spiro atoms. The van der Waals surface area contributed by atoms with Crippen LogP contribution in [0.4, 0.5) is 11.6 Å². The van der Waals surface area contributed by atoms with E-state index in [2.05, 4.69) is 53.8 Å². The normalized spacial score (nSPS) is 11.7. The molecule has 0 fully saturated rings. The van der Waals surface area contributed by atoms with Crippen molar-refractivity contribution in [3.8, 4) is 11.8 Å². The fraction of sp³-hybridized carbons (Fsp3) is 0.370. The Kier molecular flexibility index (Phi) is 9.00. The summed E-state index contributed by atoms with van der Waals surface area (Å²) in [4.78, 5) is 8.06. The SMILES string of the molecule is CC(C)CCNc1c(Cl)cc(C(C)(C)c2ccc(OCc3ccnc(NS(C)(=O)=O)n3)cc2)cc1C#N. The molecule has 1 aromatic heterocycles. The van der Waals surface area contributed by atoms with Crippen LogP contribution in [0.25, 0.3) is 0 Å². The minimum atomic E-state index is -3.47. The van der Waals surface area contributed by atoms with Crippen molar-refractivity contribution in [1.82, 2.24) is 9.97 Å². The zero-order chi connectivity index (χ0) is 27.2. The number of sulfonamides is 1. The molecular weight excluding hydrogens is 510 g/mol. The first-order valence-corrected chi connectivity index (χ1v) is 14.2. The highest BCUT2D eigenvalue weighted by atomic mass is 35.5. The van der Waals surface area contributed by atoms with Gasteiger partial charge in [-0.2, -0.15) is 5.26 Å². The molecule has 0 aliphatic heterocycles. The monoisotopic (exact) mass is 541 g/mol. The molecule has 3 aromatic rings. The molecule has 0 radical (unpaired) electrons. The summed E-state index contributed by atoms with van der Waals surface area (Å²) in [6.45, 7) is 9.37. The number of nitriles is 1. The molecule has 0 bridgehead atoms. The smallest absolute Gasteiger partial charge is 0.236 e. The van der Waals surface area contributed by atoms with Crippen LogP contribution in [0.1, 0.15) is 56.5 Å². The van der Waals surface area contributed by atoms with E-state index in [1.54, 1.807) is 6.07 Å². The van der Waals surface area contributed by atoms with Crippen molar-refractivity contribution in [2.24, 2.45) is 5.92 Å². The van der Waals surface area contributed by atoms with Crippen LogP contribution in [-0.4, -0.2) is 31.2 Å². The Bertz CT molecular complexity index is 1380. The van der Waals surface area contributed by atoms with Crippen molar-refractivity contribution in [3.63, 3.8) is 0 Å². The number of benzene rings is 2. The fourth-order valence-electron chi connectivity index (χ4n) is 3.70. The van der Waals surface area contributed by atoms with E-state index >= 15 is 0 Å². The maximum absolute atomic E-state index is 11.4. The lowest BCUT2D eigenvalue weighted by molar-refractivity contribution is 0.301. The summed E-state index contributed by atoms with van der Waals surface area (Å²) in [6, 6.07) is 15.4. The van der Waals surface area contributed by atoms with Crippen LogP contribution in [0.2, 0.25) is 5.02 Å². The largest absolute Gasteiger partial charge is 0.487 e. The zero-order valence-corrected chi connectivity index (χ0v) is 23.2. The van der Waals surface area contributed by atoms with Crippen molar-refractivity contribution in [2.45, 2.75) is 46.1 Å². The molecule has 0 amide bonds. The first-order valence-electron chi connectivity index (χ1n) is 11.9. The zero-order valence-electron chi connectivity index (χ0n) is 21.7. The number of hydrogen-bond acceptors (Lipinski definition) is 7. The standard InChI is InChI=1S/C27H32ClN5O3S/c1-18(2)10-12-30-25-19(16-29)14-21(15-24(25)28)27(3,4)20-6-8-23(9-7-20)36-17-22-11-13-31-26(32-22)33-37(5,34)35/h6-9,11,13-15,18,30H,10,12,17H2,1-5H3,(H,31,32,33). The van der Waals surface area contributed by atoms with Gasteiger partial charge in [-0.1, -0.05) is 51.4 Å². The number of halogens is 1. The summed E-state index contributed by atoms with van der Waals surface area (Å²) in [5.41, 5.74) is 3.28. The maximum Gasteiger partial charge on any atom is 0.236 e. The number of nitrogens with zero attached hydrogens (tertiary/aromatic N) is 3. The van der Waals surface area contributed by atoms with Gasteiger partial charge in [-0.15, -0.1) is 0 Å². The van der Waals surface area contributed by atoms with Gasteiger partial charge in [0.2, 0.25) is 16.0 Å². The second kappa shape index (κ2) is 11.8. The summed E-state index contributed by atoms with van der Waals surface area (Å²) in [5.74, 6) is 1.19. The summed E-state index contributed by atoms with van der Waals surface area (Å²) in [6.07, 6.45) is 3.49. The van der Waals surface area contributed by atoms with E-state index in [1.165, 1.54) is 6.20 Å². The number of nitrogens with one attached hydrogen (secondary N) is 2. The van der Waals surface area contributed by atoms with Crippen molar-refractivity contribution >= 4 is 33.3 Å². The van der Waals surface area contributed by atoms with Gasteiger partial charge in [-0.05, 0) is 53.8 Å². The van der Waals surface area contributed by atoms with Crippen LogP contribution in [0.3, 0.4) is 0 Å². The third-order valence-electron chi connectivity index (χ3n) is 5.91. The molecule has 2 aromatic carbocycles. The van der Waals surface area contributed by atoms with Crippen LogP contribution >= 0.6 is 11.6 Å². The Morgan fingerprint density at radius 3 is 2.46 bits per heavy atom. The van der Waals surface area contributed by atoms with Gasteiger partial charge in [0.05, 0.1) is 28.2 Å². The number of anilines is 2. The Morgan fingerprint density at radius 2 is 1.84 bits per heavy atom. The quantitative estimate of drug-likeness (QED) is 0.318. The molecule has 0 aliphatic rings. The maximum atomic E-state index is 11.4. The molecule has 0 atom stereocenters. The van der Waals surface area contributed by atoms with Crippen molar-refractivity contribution in [2.75, 3.05) is 22.8 Å². The molecule has 0 aliphatic carbocycles. The Hall–Kier alpha value is -3.35. The van der Waals surface area contributed by atoms with Gasteiger partial charge in [0.25, 0.3) is 0 Å². The molecule has 37 heavy (non-hydrogen) atoms. The topological polar surface area (TPSA) is 117 Å². The predicted octanol–water partition coefficient (Wildman–Crippen LogP) is 5.74. The molecule has 0 saturated heterocycles. The van der Waals surface area contributed by atoms with Crippen molar-refractivity contribution < 1.29 is 13.2 Å². The fourth-order valence-corrected chi connectivity index (χ4v) is 4.42. The average Bonchev–Trinajstić information content (AvgIpc) is 2.82. The van der Waals surface area contributed by atoms with Crippen LogP contribution in [-0.2, 0) is 22.0 Å². The predicted molar refractivity (Wildman–Crippen MR) is 148 cm³/mol. The lowest BCUT2D eigenvalue weighted by Crippen LogP contribution is -2.19. The van der Waals surface area contributed by atoms with Crippen LogP contribution in [0.15, 0.2) is 48.7 Å². The lowest BCUT2D eigenvalue weighted by Gasteiger charge is -2.27. The number of aromatic nitrogens is 2. The van der Waals surface area contributed by atoms with Gasteiger partial charge in [0.1, 0.15) is 18.4 Å². The van der Waals surface area contributed by atoms with Gasteiger partial charge < -0.3 is 10.1 Å². The first kappa shape index (κ1) is 28.2. The Labute approximate surface area is 224 Å². The second-order valence-corrected chi connectivity index (χ2v) is 11.9. The summed E-state index contributed by atoms with van der Waals surface area (Å²) >= 11 is 6.61. The second-order valence-electron chi connectivity index (χ2n) is 9.79. The van der Waals surface area contributed by atoms with Gasteiger partial charge in [0.15, 0.2) is 0 Å². The van der Waals surface area contributed by atoms with E-state index in [0.717, 1.165) is 30.3 Å². The highest BCUT2D eigenvalue weighted by molar-refractivity contribution is 7.91. The van der Waals surface area contributed by atoms with Gasteiger partial charge in [0, 0.05) is 18.2 Å². The van der Waals surface area contributed by atoms with Crippen LogP contribution < -0.4 is 14.8 Å². The molecular formula is C27H32ClN5O3S. The van der Waals surface area contributed by atoms with Crippen molar-refractivity contribution in [1.29, 1.82) is 5.26 Å². The van der Waals surface area contributed by atoms with E-state index in [0.29, 0.717) is 33.6 Å². The number of ether oxygens (including phenoxy) is 1. The van der Waals surface area contributed by atoms with Crippen molar-refractivity contribution in [3.05, 3.63) is 76.1 Å². The van der Waals surface area contributed by atoms with Gasteiger partial charge >= 0.3 is 0 Å². The molecule has 0 unspecified atom stereocenters. The molecule has 2 N–H and O–H groups in total. The number of rotatable bonds is 11. The molecule has 0 saturated carbocycles. The summed E-state index contributed by atoms with van der Waals surface area (Å²) in [7, 11) is -3.47. The van der Waals surface area contributed by atoms with Gasteiger partial charge in [-0.3, -0.25) is 4.72 Å². The highest BCUT2D eigenvalue weighted by Gasteiger charge is 2.25. The Morgan fingerprint density at radius 1 is 1.14 bits per heavy atom. The highest BCUT2D eigenvalue weighted by Crippen LogP contribution is 2.37. The lowest BCUT2D eigenvalue weighted by atomic mass is 9.77. The Balaban J connectivity index is 1.73. The van der Waals surface area contributed by atoms with Crippen LogP contribution in [0, 0.1) is 17.2 Å². The van der Waals surface area contributed by atoms with E-state index in [9.17, 15) is 13.7 Å². The first-order chi connectivity index (χ1) is 17.4. The summed E-state index contributed by atoms with van der Waals surface area (Å²) < 4.78 is 30.9. The van der Waals surface area contributed by atoms with E-state index in [4.69, 9.17) is 16.3 Å². The number of hydrogen-bond donors (Lipinski definition) is 2. The summed E-state index contributed by atoms with van der Waals surface area (Å²) in [5, 5.41) is 13.6. The molecule has 3 rings (SSSR count). The molecule has 196 valence electrons. The average molecular weight is 542 g/mol. The third-order valence-corrected chi connectivity index (χ3v) is 6.76. The van der Waals surface area contributed by atoms with Crippen LogP contribution in [0.5, 0.6) is 5.75 Å². The third kappa shape index (κ3) is 7.81. The van der Waals surface area contributed by atoms with E-state index in [1.807, 2.05) is 36.4 Å². The molecule has 8 nitrogen and oxygen atoms in total. The van der Waals surface area contributed by atoms with E-state index in [-0.39, 0.29) is 12.6 Å². The molecule has 1 heterocycles. The minimum Gasteiger partial charge on any atom is -0.487 e.